The molecule has 110 valence electrons. The zero-order valence-electron chi connectivity index (χ0n) is 12.7. The van der Waals surface area contributed by atoms with Crippen LogP contribution < -0.4 is 10.4 Å². The van der Waals surface area contributed by atoms with E-state index in [1.54, 1.807) is 0 Å². The van der Waals surface area contributed by atoms with Gasteiger partial charge >= 0.3 is 0 Å². The molecule has 3 aromatic rings. The van der Waals surface area contributed by atoms with Crippen molar-refractivity contribution in [2.45, 2.75) is 12.3 Å². The molecule has 2 heteroatoms. The average molecular weight is 304 g/mol. The van der Waals surface area contributed by atoms with Crippen molar-refractivity contribution in [3.8, 4) is 0 Å². The second kappa shape index (κ2) is 6.30. The Labute approximate surface area is 132 Å². The fourth-order valence-corrected chi connectivity index (χ4v) is 6.61. The molecule has 0 spiro atoms. The maximum atomic E-state index is 11.2. The third kappa shape index (κ3) is 2.63. The third-order valence-electron chi connectivity index (χ3n) is 4.41. The number of aliphatic hydroxyl groups excluding tert-OH is 1. The topological polar surface area (TPSA) is 20.2 Å². The molecule has 1 unspecified atom stereocenters. The van der Waals surface area contributed by atoms with Gasteiger partial charge in [-0.1, -0.05) is 108 Å². The Bertz CT molecular complexity index is 671. The first kappa shape index (κ1) is 14.8. The quantitative estimate of drug-likeness (QED) is 0.734. The highest BCUT2D eigenvalue weighted by Crippen LogP contribution is 2.24. The van der Waals surface area contributed by atoms with Gasteiger partial charge in [0.25, 0.3) is 0 Å². The molecule has 0 aliphatic heterocycles. The summed E-state index contributed by atoms with van der Waals surface area (Å²) in [5.74, 6) is 0. The Balaban J connectivity index is 2.16. The minimum atomic E-state index is -2.29. The first-order valence-electron chi connectivity index (χ1n) is 7.57. The van der Waals surface area contributed by atoms with Gasteiger partial charge in [-0.05, 0) is 5.56 Å². The third-order valence-corrected chi connectivity index (χ3v) is 8.90. The van der Waals surface area contributed by atoms with Crippen molar-refractivity contribution in [1.82, 2.24) is 0 Å². The van der Waals surface area contributed by atoms with Gasteiger partial charge in [0.05, 0.1) is 5.73 Å². The molecule has 0 fully saturated rings. The molecule has 0 aliphatic carbocycles. The van der Waals surface area contributed by atoms with Crippen molar-refractivity contribution in [2.24, 2.45) is 0 Å². The fourth-order valence-electron chi connectivity index (χ4n) is 3.02. The maximum Gasteiger partial charge on any atom is 0.151 e. The van der Waals surface area contributed by atoms with Gasteiger partial charge in [0.2, 0.25) is 0 Å². The summed E-state index contributed by atoms with van der Waals surface area (Å²) in [5, 5.41) is 13.7. The van der Waals surface area contributed by atoms with E-state index in [1.807, 2.05) is 42.5 Å². The summed E-state index contributed by atoms with van der Waals surface area (Å²) in [5.41, 5.74) is 0.517. The highest BCUT2D eigenvalue weighted by atomic mass is 28.3. The van der Waals surface area contributed by atoms with Crippen LogP contribution in [0, 0.1) is 0 Å². The van der Waals surface area contributed by atoms with Gasteiger partial charge < -0.3 is 5.11 Å². The van der Waals surface area contributed by atoms with Gasteiger partial charge in [0.15, 0.2) is 8.07 Å². The Hall–Kier alpha value is -2.16. The molecule has 1 atom stereocenters. The van der Waals surface area contributed by atoms with Crippen molar-refractivity contribution < 1.29 is 5.11 Å². The molecule has 0 saturated heterocycles. The van der Waals surface area contributed by atoms with Crippen molar-refractivity contribution in [3.05, 3.63) is 96.6 Å². The van der Waals surface area contributed by atoms with Crippen LogP contribution >= 0.6 is 0 Å². The highest BCUT2D eigenvalue weighted by Gasteiger charge is 2.40. The van der Waals surface area contributed by atoms with Crippen molar-refractivity contribution in [2.75, 3.05) is 0 Å². The van der Waals surface area contributed by atoms with E-state index in [2.05, 4.69) is 55.1 Å². The highest BCUT2D eigenvalue weighted by molar-refractivity contribution is 7.02. The first-order chi connectivity index (χ1) is 10.7. The van der Waals surface area contributed by atoms with Gasteiger partial charge in [0, 0.05) is 0 Å². The summed E-state index contributed by atoms with van der Waals surface area (Å²) in [6.07, 6.45) is 0. The summed E-state index contributed by atoms with van der Waals surface area (Å²) >= 11 is 0. The summed E-state index contributed by atoms with van der Waals surface area (Å²) < 4.78 is 0. The molecule has 1 nitrogen and oxygen atoms in total. The van der Waals surface area contributed by atoms with E-state index in [4.69, 9.17) is 0 Å². The standard InChI is InChI=1S/C20H20OSi/c1-22(18-13-7-3-8-14-18,19-15-9-4-10-16-19)20(21)17-11-5-2-6-12-17/h2-16,20-21H,1H3. The predicted molar refractivity (Wildman–Crippen MR) is 95.2 cm³/mol. The Morgan fingerprint density at radius 3 is 1.41 bits per heavy atom. The minimum absolute atomic E-state index is 0.474. The lowest BCUT2D eigenvalue weighted by atomic mass is 10.2. The molecule has 0 aliphatic rings. The maximum absolute atomic E-state index is 11.2. The van der Waals surface area contributed by atoms with E-state index in [9.17, 15) is 5.11 Å². The first-order valence-corrected chi connectivity index (χ1v) is 10.1. The van der Waals surface area contributed by atoms with Crippen LogP contribution in [0.4, 0.5) is 0 Å². The Kier molecular flexibility index (Phi) is 4.23. The normalized spacial score (nSPS) is 12.8. The van der Waals surface area contributed by atoms with E-state index in [0.29, 0.717) is 0 Å². The molecular formula is C20H20OSi. The number of benzene rings is 3. The number of aliphatic hydroxyl groups is 1. The van der Waals surface area contributed by atoms with Crippen LogP contribution in [0.15, 0.2) is 91.0 Å². The van der Waals surface area contributed by atoms with E-state index >= 15 is 0 Å². The zero-order chi connectivity index (χ0) is 15.4. The molecule has 0 aromatic heterocycles. The second-order valence-electron chi connectivity index (χ2n) is 5.75. The van der Waals surface area contributed by atoms with Crippen LogP contribution in [-0.4, -0.2) is 13.2 Å². The van der Waals surface area contributed by atoms with Crippen LogP contribution in [0.3, 0.4) is 0 Å². The molecule has 1 N–H and O–H groups in total. The van der Waals surface area contributed by atoms with Crippen LogP contribution in [-0.2, 0) is 0 Å². The zero-order valence-corrected chi connectivity index (χ0v) is 13.7. The van der Waals surface area contributed by atoms with Crippen LogP contribution in [0.2, 0.25) is 6.55 Å². The molecule has 0 radical (unpaired) electrons. The summed E-state index contributed by atoms with van der Waals surface area (Å²) in [7, 11) is -2.29. The molecule has 0 saturated carbocycles. The smallest absolute Gasteiger partial charge is 0.151 e. The van der Waals surface area contributed by atoms with Gasteiger partial charge in [-0.3, -0.25) is 0 Å². The number of hydrogen-bond donors (Lipinski definition) is 1. The molecular weight excluding hydrogens is 284 g/mol. The molecule has 0 bridgehead atoms. The van der Waals surface area contributed by atoms with Crippen molar-refractivity contribution in [3.63, 3.8) is 0 Å². The Morgan fingerprint density at radius 2 is 1.00 bits per heavy atom. The summed E-state index contributed by atoms with van der Waals surface area (Å²) in [6, 6.07) is 30.9. The van der Waals surface area contributed by atoms with Crippen LogP contribution in [0.5, 0.6) is 0 Å². The average Bonchev–Trinajstić information content (AvgIpc) is 2.62. The SMILES string of the molecule is C[Si](c1ccccc1)(c1ccccc1)C(O)c1ccccc1. The van der Waals surface area contributed by atoms with Gasteiger partial charge in [-0.15, -0.1) is 0 Å². The fraction of sp³-hybridized carbons (Fsp3) is 0.100. The monoisotopic (exact) mass is 304 g/mol. The van der Waals surface area contributed by atoms with Gasteiger partial charge in [-0.25, -0.2) is 0 Å². The van der Waals surface area contributed by atoms with Crippen molar-refractivity contribution in [1.29, 1.82) is 0 Å². The molecule has 3 aromatic carbocycles. The van der Waals surface area contributed by atoms with Crippen LogP contribution in [0.1, 0.15) is 11.3 Å². The van der Waals surface area contributed by atoms with E-state index < -0.39 is 13.8 Å². The lowest BCUT2D eigenvalue weighted by Crippen LogP contribution is -2.60. The van der Waals surface area contributed by atoms with Crippen LogP contribution in [0.25, 0.3) is 0 Å². The van der Waals surface area contributed by atoms with Crippen molar-refractivity contribution >= 4 is 18.4 Å². The minimum Gasteiger partial charge on any atom is -0.391 e. The lowest BCUT2D eigenvalue weighted by Gasteiger charge is -2.34. The lowest BCUT2D eigenvalue weighted by molar-refractivity contribution is 0.252. The number of hydrogen-bond acceptors (Lipinski definition) is 1. The number of rotatable bonds is 4. The van der Waals surface area contributed by atoms with Gasteiger partial charge in [-0.2, -0.15) is 0 Å². The predicted octanol–water partition coefficient (Wildman–Crippen LogP) is 3.15. The largest absolute Gasteiger partial charge is 0.391 e. The van der Waals surface area contributed by atoms with E-state index in [0.717, 1.165) is 5.56 Å². The Morgan fingerprint density at radius 1 is 0.636 bits per heavy atom. The molecule has 22 heavy (non-hydrogen) atoms. The molecule has 0 heterocycles. The van der Waals surface area contributed by atoms with E-state index in [-0.39, 0.29) is 0 Å². The summed E-state index contributed by atoms with van der Waals surface area (Å²) in [6.45, 7) is 2.25. The van der Waals surface area contributed by atoms with Gasteiger partial charge in [0.1, 0.15) is 0 Å². The molecule has 3 rings (SSSR count). The second-order valence-corrected chi connectivity index (χ2v) is 9.85. The summed E-state index contributed by atoms with van der Waals surface area (Å²) in [4.78, 5) is 0. The molecule has 0 amide bonds. The van der Waals surface area contributed by atoms with E-state index in [1.165, 1.54) is 10.4 Å².